The highest BCUT2D eigenvalue weighted by atomic mass is 16.5. The Bertz CT molecular complexity index is 735. The van der Waals surface area contributed by atoms with E-state index in [9.17, 15) is 9.59 Å². The molecule has 24 heavy (non-hydrogen) atoms. The highest BCUT2D eigenvalue weighted by Gasteiger charge is 2.17. The van der Waals surface area contributed by atoms with Crippen molar-refractivity contribution in [3.8, 4) is 11.8 Å². The lowest BCUT2D eigenvalue weighted by molar-refractivity contribution is -0.130. The van der Waals surface area contributed by atoms with E-state index in [1.54, 1.807) is 43.3 Å². The molecule has 1 unspecified atom stereocenters. The summed E-state index contributed by atoms with van der Waals surface area (Å²) in [6.45, 7) is 1.63. The molecule has 7 heteroatoms. The molecule has 0 fully saturated rings. The number of para-hydroxylation sites is 1. The van der Waals surface area contributed by atoms with Gasteiger partial charge in [0.1, 0.15) is 17.6 Å². The Labute approximate surface area is 139 Å². The van der Waals surface area contributed by atoms with Crippen LogP contribution in [0.1, 0.15) is 18.2 Å². The van der Waals surface area contributed by atoms with Gasteiger partial charge in [0.25, 0.3) is 5.91 Å². The quantitative estimate of drug-likeness (QED) is 0.799. The van der Waals surface area contributed by atoms with Crippen LogP contribution in [0.15, 0.2) is 47.1 Å². The highest BCUT2D eigenvalue weighted by Crippen LogP contribution is 2.18. The summed E-state index contributed by atoms with van der Waals surface area (Å²) in [5.41, 5.74) is 0.341. The molecule has 0 radical (unpaired) electrons. The molecule has 0 saturated carbocycles. The van der Waals surface area contributed by atoms with E-state index in [0.29, 0.717) is 17.1 Å². The third-order valence-corrected chi connectivity index (χ3v) is 3.14. The molecule has 0 aliphatic rings. The maximum absolute atomic E-state index is 12.0. The van der Waals surface area contributed by atoms with Gasteiger partial charge in [0.15, 0.2) is 6.10 Å². The summed E-state index contributed by atoms with van der Waals surface area (Å²) in [6, 6.07) is 12.1. The first-order valence-corrected chi connectivity index (χ1v) is 7.32. The van der Waals surface area contributed by atoms with E-state index in [2.05, 4.69) is 10.6 Å². The number of nitrogens with zero attached hydrogens (tertiary/aromatic N) is 1. The molecule has 0 spiro atoms. The molecule has 0 bridgehead atoms. The Morgan fingerprint density at radius 2 is 2.04 bits per heavy atom. The molecule has 124 valence electrons. The van der Waals surface area contributed by atoms with Crippen molar-refractivity contribution in [3.05, 3.63) is 54.0 Å². The second-order valence-electron chi connectivity index (χ2n) is 4.94. The number of ether oxygens (including phenoxy) is 1. The molecule has 0 aliphatic carbocycles. The third kappa shape index (κ3) is 4.88. The Morgan fingerprint density at radius 1 is 1.25 bits per heavy atom. The van der Waals surface area contributed by atoms with Gasteiger partial charge in [0.2, 0.25) is 5.91 Å². The molecule has 2 N–H and O–H groups in total. The molecule has 7 nitrogen and oxygen atoms in total. The van der Waals surface area contributed by atoms with Crippen LogP contribution in [0.2, 0.25) is 0 Å². The van der Waals surface area contributed by atoms with Crippen molar-refractivity contribution in [1.82, 2.24) is 10.6 Å². The highest BCUT2D eigenvalue weighted by molar-refractivity contribution is 5.86. The second kappa shape index (κ2) is 8.39. The minimum Gasteiger partial charge on any atom is -0.480 e. The van der Waals surface area contributed by atoms with Gasteiger partial charge in [-0.05, 0) is 31.2 Å². The van der Waals surface area contributed by atoms with Crippen LogP contribution in [0.3, 0.4) is 0 Å². The number of amides is 2. The van der Waals surface area contributed by atoms with Crippen LogP contribution < -0.4 is 15.4 Å². The van der Waals surface area contributed by atoms with Crippen LogP contribution in [0.5, 0.6) is 5.75 Å². The predicted molar refractivity (Wildman–Crippen MR) is 84.8 cm³/mol. The van der Waals surface area contributed by atoms with E-state index in [-0.39, 0.29) is 19.0 Å². The number of hydrogen-bond acceptors (Lipinski definition) is 5. The predicted octanol–water partition coefficient (Wildman–Crippen LogP) is 1.35. The van der Waals surface area contributed by atoms with E-state index >= 15 is 0 Å². The van der Waals surface area contributed by atoms with Crippen LogP contribution in [-0.2, 0) is 16.1 Å². The fourth-order valence-electron chi connectivity index (χ4n) is 1.88. The summed E-state index contributed by atoms with van der Waals surface area (Å²) < 4.78 is 10.6. The number of carbonyl (C=O) groups is 2. The van der Waals surface area contributed by atoms with Gasteiger partial charge >= 0.3 is 0 Å². The summed E-state index contributed by atoms with van der Waals surface area (Å²) >= 11 is 0. The number of nitriles is 1. The van der Waals surface area contributed by atoms with E-state index in [1.165, 1.54) is 6.26 Å². The molecule has 2 amide bonds. The van der Waals surface area contributed by atoms with Crippen LogP contribution in [0.4, 0.5) is 0 Å². The van der Waals surface area contributed by atoms with Gasteiger partial charge in [0, 0.05) is 0 Å². The van der Waals surface area contributed by atoms with Gasteiger partial charge in [-0.2, -0.15) is 5.26 Å². The zero-order valence-corrected chi connectivity index (χ0v) is 13.1. The molecule has 0 saturated heterocycles. The van der Waals surface area contributed by atoms with Crippen molar-refractivity contribution in [1.29, 1.82) is 5.26 Å². The largest absolute Gasteiger partial charge is 0.480 e. The van der Waals surface area contributed by atoms with Crippen molar-refractivity contribution >= 4 is 11.8 Å². The summed E-state index contributed by atoms with van der Waals surface area (Å²) in [6.07, 6.45) is 0.679. The SMILES string of the molecule is CC(Oc1ccccc1C#N)C(=O)NCC(=O)NCc1ccco1. The lowest BCUT2D eigenvalue weighted by Gasteiger charge is -2.15. The van der Waals surface area contributed by atoms with Crippen LogP contribution in [0.25, 0.3) is 0 Å². The number of rotatable bonds is 7. The average molecular weight is 327 g/mol. The first-order chi connectivity index (χ1) is 11.6. The number of hydrogen-bond donors (Lipinski definition) is 2. The monoisotopic (exact) mass is 327 g/mol. The lowest BCUT2D eigenvalue weighted by atomic mass is 10.2. The number of nitrogens with one attached hydrogen (secondary N) is 2. The molecule has 1 atom stereocenters. The Balaban J connectivity index is 1.77. The van der Waals surface area contributed by atoms with Crippen LogP contribution in [-0.4, -0.2) is 24.5 Å². The lowest BCUT2D eigenvalue weighted by Crippen LogP contribution is -2.42. The smallest absolute Gasteiger partial charge is 0.261 e. The molecule has 1 aromatic heterocycles. The van der Waals surface area contributed by atoms with Crippen molar-refractivity contribution in [2.75, 3.05) is 6.54 Å². The van der Waals surface area contributed by atoms with Gasteiger partial charge < -0.3 is 19.8 Å². The molecular formula is C17H17N3O4. The molecule has 2 rings (SSSR count). The Kier molecular flexibility index (Phi) is 5.97. The van der Waals surface area contributed by atoms with Gasteiger partial charge in [-0.15, -0.1) is 0 Å². The maximum atomic E-state index is 12.0. The van der Waals surface area contributed by atoms with Crippen LogP contribution >= 0.6 is 0 Å². The van der Waals surface area contributed by atoms with E-state index in [4.69, 9.17) is 14.4 Å². The third-order valence-electron chi connectivity index (χ3n) is 3.14. The first-order valence-electron chi connectivity index (χ1n) is 7.32. The molecule has 1 heterocycles. The second-order valence-corrected chi connectivity index (χ2v) is 4.94. The summed E-state index contributed by atoms with van der Waals surface area (Å²) in [5.74, 6) is 0.157. The zero-order valence-electron chi connectivity index (χ0n) is 13.1. The first kappa shape index (κ1) is 17.1. The van der Waals surface area contributed by atoms with E-state index < -0.39 is 12.0 Å². The van der Waals surface area contributed by atoms with Gasteiger partial charge in [-0.3, -0.25) is 9.59 Å². The fraction of sp³-hybridized carbons (Fsp3) is 0.235. The van der Waals surface area contributed by atoms with Crippen LogP contribution in [0, 0.1) is 11.3 Å². The van der Waals surface area contributed by atoms with Crippen molar-refractivity contribution in [3.63, 3.8) is 0 Å². The molecular weight excluding hydrogens is 310 g/mol. The summed E-state index contributed by atoms with van der Waals surface area (Å²) in [4.78, 5) is 23.6. The van der Waals surface area contributed by atoms with Gasteiger partial charge in [0.05, 0.1) is 24.9 Å². The van der Waals surface area contributed by atoms with Crippen molar-refractivity contribution < 1.29 is 18.7 Å². The minimum absolute atomic E-state index is 0.173. The minimum atomic E-state index is -0.836. The standard InChI is InChI=1S/C17H17N3O4/c1-12(24-15-7-3-2-5-13(15)9-18)17(22)20-11-16(21)19-10-14-6-4-8-23-14/h2-8,12H,10-11H2,1H3,(H,19,21)(H,20,22). The van der Waals surface area contributed by atoms with Crippen molar-refractivity contribution in [2.24, 2.45) is 0 Å². The summed E-state index contributed by atoms with van der Waals surface area (Å²) in [7, 11) is 0. The van der Waals surface area contributed by atoms with E-state index in [1.807, 2.05) is 6.07 Å². The Hall–Kier alpha value is -3.27. The summed E-state index contributed by atoms with van der Waals surface area (Å²) in [5, 5.41) is 14.1. The fourth-order valence-corrected chi connectivity index (χ4v) is 1.88. The Morgan fingerprint density at radius 3 is 2.75 bits per heavy atom. The molecule has 0 aliphatic heterocycles. The molecule has 1 aromatic carbocycles. The topological polar surface area (TPSA) is 104 Å². The van der Waals surface area contributed by atoms with Gasteiger partial charge in [-0.1, -0.05) is 12.1 Å². The normalized spacial score (nSPS) is 11.2. The average Bonchev–Trinajstić information content (AvgIpc) is 3.11. The zero-order chi connectivity index (χ0) is 17.4. The van der Waals surface area contributed by atoms with Crippen molar-refractivity contribution in [2.45, 2.75) is 19.6 Å². The van der Waals surface area contributed by atoms with E-state index in [0.717, 1.165) is 0 Å². The number of benzene rings is 1. The maximum Gasteiger partial charge on any atom is 0.261 e. The molecule has 2 aromatic rings. The number of furan rings is 1. The van der Waals surface area contributed by atoms with Gasteiger partial charge in [-0.25, -0.2) is 0 Å². The number of carbonyl (C=O) groups excluding carboxylic acids is 2.